The molecule has 0 aliphatic carbocycles. The minimum Gasteiger partial charge on any atom is -0.481 e. The Hall–Kier alpha value is -1.06. The molecule has 0 aromatic heterocycles. The molecule has 0 saturated heterocycles. The van der Waals surface area contributed by atoms with Gasteiger partial charge in [0.25, 0.3) is 0 Å². The Bertz CT molecular complexity index is 210. The zero-order chi connectivity index (χ0) is 11.9. The second-order valence-electron chi connectivity index (χ2n) is 4.48. The number of nitrogens with two attached hydrogens (primary N) is 1. The average Bonchev–Trinajstić information content (AvgIpc) is 2.00. The fourth-order valence-electron chi connectivity index (χ4n) is 1.83. The van der Waals surface area contributed by atoms with Crippen molar-refractivity contribution in [3.8, 4) is 0 Å². The van der Waals surface area contributed by atoms with Crippen LogP contribution in [0.2, 0.25) is 0 Å². The van der Waals surface area contributed by atoms with Crippen LogP contribution in [0.5, 0.6) is 0 Å². The van der Waals surface area contributed by atoms with Crippen LogP contribution in [0, 0.1) is 5.41 Å². The number of aliphatic carboxylic acids is 1. The van der Waals surface area contributed by atoms with Gasteiger partial charge < -0.3 is 10.8 Å². The molecule has 0 fully saturated rings. The molecular formula is C11H21NO3. The van der Waals surface area contributed by atoms with Crippen LogP contribution in [0.1, 0.15) is 52.4 Å². The van der Waals surface area contributed by atoms with Crippen molar-refractivity contribution in [2.24, 2.45) is 11.1 Å². The largest absolute Gasteiger partial charge is 0.481 e. The third kappa shape index (κ3) is 6.94. The topological polar surface area (TPSA) is 80.4 Å². The normalized spacial score (nSPS) is 14.5. The molecule has 0 radical (unpaired) electrons. The second kappa shape index (κ2) is 6.43. The predicted molar refractivity (Wildman–Crippen MR) is 58.3 cm³/mol. The highest BCUT2D eigenvalue weighted by Crippen LogP contribution is 2.32. The molecule has 1 amide bonds. The quantitative estimate of drug-likeness (QED) is 0.607. The van der Waals surface area contributed by atoms with E-state index in [0.717, 1.165) is 25.7 Å². The standard InChI is InChI=1S/C11H21NO3/c1-3-4-5-6-11(2,7-9(12)13)8-10(14)15/h3-8H2,1-2H3,(H2,12,13)(H,14,15). The van der Waals surface area contributed by atoms with Gasteiger partial charge in [-0.05, 0) is 11.8 Å². The number of rotatable bonds is 8. The van der Waals surface area contributed by atoms with Gasteiger partial charge >= 0.3 is 5.97 Å². The van der Waals surface area contributed by atoms with E-state index in [-0.39, 0.29) is 12.8 Å². The zero-order valence-corrected chi connectivity index (χ0v) is 9.58. The molecule has 0 spiro atoms. The van der Waals surface area contributed by atoms with Crippen molar-refractivity contribution in [2.75, 3.05) is 0 Å². The van der Waals surface area contributed by atoms with Crippen molar-refractivity contribution in [1.82, 2.24) is 0 Å². The summed E-state index contributed by atoms with van der Waals surface area (Å²) in [5.41, 5.74) is 4.65. The Kier molecular flexibility index (Phi) is 5.97. The van der Waals surface area contributed by atoms with Gasteiger partial charge in [0.1, 0.15) is 0 Å². The van der Waals surface area contributed by atoms with E-state index >= 15 is 0 Å². The number of primary amides is 1. The number of carbonyl (C=O) groups excluding carboxylic acids is 1. The van der Waals surface area contributed by atoms with Gasteiger partial charge in [-0.3, -0.25) is 9.59 Å². The van der Waals surface area contributed by atoms with E-state index in [0.29, 0.717) is 0 Å². The fraction of sp³-hybridized carbons (Fsp3) is 0.818. The molecule has 1 unspecified atom stereocenters. The summed E-state index contributed by atoms with van der Waals surface area (Å²) in [7, 11) is 0. The average molecular weight is 215 g/mol. The first-order valence-corrected chi connectivity index (χ1v) is 5.40. The molecule has 15 heavy (non-hydrogen) atoms. The molecule has 0 heterocycles. The Morgan fingerprint density at radius 2 is 1.87 bits per heavy atom. The first-order valence-electron chi connectivity index (χ1n) is 5.40. The first-order chi connectivity index (χ1) is 6.89. The SMILES string of the molecule is CCCCCC(C)(CC(N)=O)CC(=O)O. The lowest BCUT2D eigenvalue weighted by atomic mass is 9.78. The summed E-state index contributed by atoms with van der Waals surface area (Å²) in [6.07, 6.45) is 4.01. The zero-order valence-electron chi connectivity index (χ0n) is 9.58. The minimum atomic E-state index is -0.866. The maximum absolute atomic E-state index is 10.9. The van der Waals surface area contributed by atoms with Gasteiger partial charge in [0.15, 0.2) is 0 Å². The van der Waals surface area contributed by atoms with Crippen molar-refractivity contribution in [2.45, 2.75) is 52.4 Å². The molecule has 0 aromatic rings. The minimum absolute atomic E-state index is 0.0135. The van der Waals surface area contributed by atoms with E-state index in [1.54, 1.807) is 0 Å². The molecule has 88 valence electrons. The Labute approximate surface area is 90.8 Å². The second-order valence-corrected chi connectivity index (χ2v) is 4.48. The predicted octanol–water partition coefficient (Wildman–Crippen LogP) is 1.92. The Morgan fingerprint density at radius 1 is 1.27 bits per heavy atom. The molecule has 0 saturated carbocycles. The lowest BCUT2D eigenvalue weighted by Crippen LogP contribution is -2.28. The maximum atomic E-state index is 10.9. The van der Waals surface area contributed by atoms with Gasteiger partial charge in [-0.2, -0.15) is 0 Å². The van der Waals surface area contributed by atoms with Crippen LogP contribution in [0.3, 0.4) is 0 Å². The van der Waals surface area contributed by atoms with Gasteiger partial charge in [-0.25, -0.2) is 0 Å². The van der Waals surface area contributed by atoms with Crippen LogP contribution in [0.25, 0.3) is 0 Å². The van der Waals surface area contributed by atoms with Crippen molar-refractivity contribution < 1.29 is 14.7 Å². The van der Waals surface area contributed by atoms with Crippen molar-refractivity contribution in [1.29, 1.82) is 0 Å². The molecule has 4 nitrogen and oxygen atoms in total. The number of hydrogen-bond donors (Lipinski definition) is 2. The van der Waals surface area contributed by atoms with Crippen LogP contribution < -0.4 is 5.73 Å². The third-order valence-corrected chi connectivity index (χ3v) is 2.56. The van der Waals surface area contributed by atoms with Crippen LogP contribution >= 0.6 is 0 Å². The number of carbonyl (C=O) groups is 2. The van der Waals surface area contributed by atoms with Crippen LogP contribution in [-0.4, -0.2) is 17.0 Å². The van der Waals surface area contributed by atoms with Crippen molar-refractivity contribution >= 4 is 11.9 Å². The molecule has 1 atom stereocenters. The highest BCUT2D eigenvalue weighted by molar-refractivity contribution is 5.76. The summed E-state index contributed by atoms with van der Waals surface area (Å²) >= 11 is 0. The van der Waals surface area contributed by atoms with E-state index in [9.17, 15) is 9.59 Å². The van der Waals surface area contributed by atoms with E-state index in [1.807, 2.05) is 6.92 Å². The molecule has 0 aliphatic heterocycles. The number of hydrogen-bond acceptors (Lipinski definition) is 2. The smallest absolute Gasteiger partial charge is 0.303 e. The molecule has 0 aliphatic rings. The van der Waals surface area contributed by atoms with E-state index < -0.39 is 17.3 Å². The van der Waals surface area contributed by atoms with Gasteiger partial charge in [-0.15, -0.1) is 0 Å². The number of amides is 1. The number of unbranched alkanes of at least 4 members (excludes halogenated alkanes) is 2. The summed E-state index contributed by atoms with van der Waals surface area (Å²) in [4.78, 5) is 21.5. The van der Waals surface area contributed by atoms with Gasteiger partial charge in [0.05, 0.1) is 6.42 Å². The molecule has 0 bridgehead atoms. The summed E-state index contributed by atoms with van der Waals surface area (Å²) in [5.74, 6) is -1.29. The van der Waals surface area contributed by atoms with E-state index in [2.05, 4.69) is 6.92 Å². The molecule has 4 heteroatoms. The molecule has 0 aromatic carbocycles. The molecule has 0 rings (SSSR count). The van der Waals surface area contributed by atoms with E-state index in [4.69, 9.17) is 10.8 Å². The highest BCUT2D eigenvalue weighted by atomic mass is 16.4. The van der Waals surface area contributed by atoms with Gasteiger partial charge in [0, 0.05) is 6.42 Å². The number of carboxylic acids is 1. The maximum Gasteiger partial charge on any atom is 0.303 e. The fourth-order valence-corrected chi connectivity index (χ4v) is 1.83. The lowest BCUT2D eigenvalue weighted by molar-refractivity contribution is -0.140. The van der Waals surface area contributed by atoms with Crippen molar-refractivity contribution in [3.05, 3.63) is 0 Å². The highest BCUT2D eigenvalue weighted by Gasteiger charge is 2.28. The van der Waals surface area contributed by atoms with Gasteiger partial charge in [-0.1, -0.05) is 33.1 Å². The van der Waals surface area contributed by atoms with Crippen LogP contribution in [0.4, 0.5) is 0 Å². The lowest BCUT2D eigenvalue weighted by Gasteiger charge is -2.26. The first kappa shape index (κ1) is 13.9. The Morgan fingerprint density at radius 3 is 2.27 bits per heavy atom. The summed E-state index contributed by atoms with van der Waals surface area (Å²) in [6.45, 7) is 3.91. The summed E-state index contributed by atoms with van der Waals surface area (Å²) in [5, 5.41) is 8.77. The number of carboxylic acid groups (broad SMARTS) is 1. The van der Waals surface area contributed by atoms with E-state index in [1.165, 1.54) is 0 Å². The molecular weight excluding hydrogens is 194 g/mol. The van der Waals surface area contributed by atoms with Crippen LogP contribution in [0.15, 0.2) is 0 Å². The van der Waals surface area contributed by atoms with Gasteiger partial charge in [0.2, 0.25) is 5.91 Å². The monoisotopic (exact) mass is 215 g/mol. The van der Waals surface area contributed by atoms with Crippen molar-refractivity contribution in [3.63, 3.8) is 0 Å². The summed E-state index contributed by atoms with van der Waals surface area (Å²) in [6, 6.07) is 0. The molecule has 3 N–H and O–H groups in total. The summed E-state index contributed by atoms with van der Waals surface area (Å²) < 4.78 is 0. The Balaban J connectivity index is 4.26. The third-order valence-electron chi connectivity index (χ3n) is 2.56. The van der Waals surface area contributed by atoms with Crippen LogP contribution in [-0.2, 0) is 9.59 Å².